The van der Waals surface area contributed by atoms with Crippen molar-refractivity contribution in [3.8, 4) is 0 Å². The Morgan fingerprint density at radius 2 is 2.05 bits per heavy atom. The van der Waals surface area contributed by atoms with Crippen molar-refractivity contribution in [1.29, 1.82) is 0 Å². The van der Waals surface area contributed by atoms with Crippen LogP contribution in [0, 0.1) is 10.1 Å². The Labute approximate surface area is 127 Å². The first-order valence-electron chi connectivity index (χ1n) is 7.42. The molecule has 2 aliphatic rings. The maximum atomic E-state index is 12.5. The summed E-state index contributed by atoms with van der Waals surface area (Å²) in [5.41, 5.74) is 1.51. The molecule has 3 rings (SSSR count). The van der Waals surface area contributed by atoms with Crippen molar-refractivity contribution in [1.82, 2.24) is 4.90 Å². The topological polar surface area (TPSA) is 83.8 Å². The lowest BCUT2D eigenvalue weighted by Gasteiger charge is -2.28. The average Bonchev–Trinajstić information content (AvgIpc) is 2.92. The molecule has 116 valence electrons. The summed E-state index contributed by atoms with van der Waals surface area (Å²) in [6, 6.07) is 4.60. The predicted molar refractivity (Wildman–Crippen MR) is 79.6 cm³/mol. The molecule has 7 nitrogen and oxygen atoms in total. The normalized spacial score (nSPS) is 17.5. The molecule has 2 aliphatic heterocycles. The highest BCUT2D eigenvalue weighted by atomic mass is 16.6. The summed E-state index contributed by atoms with van der Waals surface area (Å²) < 4.78 is 0. The van der Waals surface area contributed by atoms with Gasteiger partial charge in [0.05, 0.1) is 10.6 Å². The molecular formula is C15H17N3O4. The summed E-state index contributed by atoms with van der Waals surface area (Å²) in [7, 11) is 0. The number of rotatable bonds is 3. The molecule has 0 saturated carbocycles. The van der Waals surface area contributed by atoms with Gasteiger partial charge in [0.25, 0.3) is 5.69 Å². The van der Waals surface area contributed by atoms with E-state index in [9.17, 15) is 19.7 Å². The van der Waals surface area contributed by atoms with Gasteiger partial charge < -0.3 is 9.80 Å². The van der Waals surface area contributed by atoms with E-state index in [0.717, 1.165) is 18.4 Å². The van der Waals surface area contributed by atoms with Crippen LogP contribution in [0.25, 0.3) is 0 Å². The largest absolute Gasteiger partial charge is 0.333 e. The van der Waals surface area contributed by atoms with Crippen LogP contribution in [0.1, 0.15) is 24.8 Å². The lowest BCUT2D eigenvalue weighted by molar-refractivity contribution is -0.384. The predicted octanol–water partition coefficient (Wildman–Crippen LogP) is 1.50. The molecule has 1 fully saturated rings. The number of carbonyl (C=O) groups is 2. The van der Waals surface area contributed by atoms with Gasteiger partial charge in [-0.2, -0.15) is 0 Å². The van der Waals surface area contributed by atoms with Crippen molar-refractivity contribution >= 4 is 23.2 Å². The number of hydrogen-bond donors (Lipinski definition) is 0. The number of likely N-dealkylation sites (tertiary alicyclic amines) is 1. The molecule has 2 heterocycles. The molecule has 0 atom stereocenters. The number of nitrogens with zero attached hydrogens (tertiary/aromatic N) is 3. The Bertz CT molecular complexity index is 644. The number of nitro groups is 1. The smallest absolute Gasteiger partial charge is 0.271 e. The zero-order valence-electron chi connectivity index (χ0n) is 12.2. The molecule has 0 spiro atoms. The van der Waals surface area contributed by atoms with E-state index in [1.54, 1.807) is 15.9 Å². The number of hydrogen-bond acceptors (Lipinski definition) is 4. The van der Waals surface area contributed by atoms with Crippen molar-refractivity contribution < 1.29 is 14.5 Å². The Morgan fingerprint density at radius 1 is 1.23 bits per heavy atom. The van der Waals surface area contributed by atoms with Crippen LogP contribution in [-0.2, 0) is 16.0 Å². The van der Waals surface area contributed by atoms with Crippen LogP contribution in [-0.4, -0.2) is 41.3 Å². The number of non-ortho nitro benzene ring substituents is 1. The average molecular weight is 303 g/mol. The first-order chi connectivity index (χ1) is 10.6. The summed E-state index contributed by atoms with van der Waals surface area (Å²) in [5, 5.41) is 10.9. The van der Waals surface area contributed by atoms with Gasteiger partial charge in [0, 0.05) is 31.6 Å². The van der Waals surface area contributed by atoms with Gasteiger partial charge >= 0.3 is 0 Å². The van der Waals surface area contributed by atoms with Crippen LogP contribution in [0.3, 0.4) is 0 Å². The van der Waals surface area contributed by atoms with Crippen LogP contribution < -0.4 is 4.90 Å². The number of piperidine rings is 1. The highest BCUT2D eigenvalue weighted by Gasteiger charge is 2.29. The van der Waals surface area contributed by atoms with Gasteiger partial charge in [-0.1, -0.05) is 6.07 Å². The van der Waals surface area contributed by atoms with Crippen molar-refractivity contribution in [2.24, 2.45) is 0 Å². The zero-order valence-corrected chi connectivity index (χ0v) is 12.2. The molecule has 2 amide bonds. The second-order valence-corrected chi connectivity index (χ2v) is 5.64. The Kier molecular flexibility index (Phi) is 3.79. The maximum absolute atomic E-state index is 12.5. The molecule has 1 aromatic rings. The summed E-state index contributed by atoms with van der Waals surface area (Å²) in [5.74, 6) is -0.160. The van der Waals surface area contributed by atoms with Crippen molar-refractivity contribution in [2.75, 3.05) is 24.5 Å². The SMILES string of the molecule is O=C1CCCCN1CC(=O)N1CCc2ccc([N+](=O)[O-])cc21. The lowest BCUT2D eigenvalue weighted by atomic mass is 10.1. The second kappa shape index (κ2) is 5.75. The van der Waals surface area contributed by atoms with Gasteiger partial charge in [-0.25, -0.2) is 0 Å². The van der Waals surface area contributed by atoms with Crippen LogP contribution in [0.5, 0.6) is 0 Å². The van der Waals surface area contributed by atoms with Crippen molar-refractivity contribution in [3.63, 3.8) is 0 Å². The summed E-state index contributed by atoms with van der Waals surface area (Å²) in [6.45, 7) is 1.18. The summed E-state index contributed by atoms with van der Waals surface area (Å²) >= 11 is 0. The van der Waals surface area contributed by atoms with Gasteiger partial charge in [0.1, 0.15) is 6.54 Å². The number of carbonyl (C=O) groups excluding carboxylic acids is 2. The number of nitro benzene ring substituents is 1. The number of anilines is 1. The minimum absolute atomic E-state index is 0.0121. The van der Waals surface area contributed by atoms with Crippen LogP contribution in [0.4, 0.5) is 11.4 Å². The first kappa shape index (κ1) is 14.5. The van der Waals surface area contributed by atoms with Crippen molar-refractivity contribution in [2.45, 2.75) is 25.7 Å². The van der Waals surface area contributed by atoms with E-state index in [-0.39, 0.29) is 24.0 Å². The molecule has 7 heteroatoms. The molecule has 0 bridgehead atoms. The summed E-state index contributed by atoms with van der Waals surface area (Å²) in [6.07, 6.45) is 2.98. The van der Waals surface area contributed by atoms with E-state index in [4.69, 9.17) is 0 Å². The molecule has 22 heavy (non-hydrogen) atoms. The van der Waals surface area contributed by atoms with Crippen LogP contribution in [0.2, 0.25) is 0 Å². The van der Waals surface area contributed by atoms with Crippen molar-refractivity contribution in [3.05, 3.63) is 33.9 Å². The zero-order chi connectivity index (χ0) is 15.7. The Morgan fingerprint density at radius 3 is 2.77 bits per heavy atom. The van der Waals surface area contributed by atoms with E-state index in [1.807, 2.05) is 0 Å². The highest BCUT2D eigenvalue weighted by Crippen LogP contribution is 2.31. The third-order valence-corrected chi connectivity index (χ3v) is 4.22. The molecular weight excluding hydrogens is 286 g/mol. The first-order valence-corrected chi connectivity index (χ1v) is 7.42. The van der Waals surface area contributed by atoms with Crippen LogP contribution in [0.15, 0.2) is 18.2 Å². The number of amides is 2. The molecule has 0 radical (unpaired) electrons. The van der Waals surface area contributed by atoms with E-state index < -0.39 is 4.92 Å². The Balaban J connectivity index is 1.77. The van der Waals surface area contributed by atoms with E-state index in [1.165, 1.54) is 12.1 Å². The minimum Gasteiger partial charge on any atom is -0.333 e. The van der Waals surface area contributed by atoms with Gasteiger partial charge in [-0.15, -0.1) is 0 Å². The summed E-state index contributed by atoms with van der Waals surface area (Å²) in [4.78, 5) is 37.8. The fourth-order valence-corrected chi connectivity index (χ4v) is 3.02. The van der Waals surface area contributed by atoms with Crippen LogP contribution >= 0.6 is 0 Å². The number of fused-ring (bicyclic) bond motifs is 1. The third kappa shape index (κ3) is 2.66. The number of benzene rings is 1. The molecule has 0 unspecified atom stereocenters. The molecule has 0 N–H and O–H groups in total. The second-order valence-electron chi connectivity index (χ2n) is 5.64. The molecule has 0 aliphatic carbocycles. The lowest BCUT2D eigenvalue weighted by Crippen LogP contribution is -2.44. The van der Waals surface area contributed by atoms with E-state index in [0.29, 0.717) is 31.6 Å². The van der Waals surface area contributed by atoms with E-state index >= 15 is 0 Å². The van der Waals surface area contributed by atoms with Gasteiger partial charge in [0.15, 0.2) is 0 Å². The Hall–Kier alpha value is -2.44. The molecule has 1 saturated heterocycles. The molecule has 0 aromatic heterocycles. The highest BCUT2D eigenvalue weighted by molar-refractivity contribution is 5.98. The third-order valence-electron chi connectivity index (χ3n) is 4.22. The quantitative estimate of drug-likeness (QED) is 0.625. The maximum Gasteiger partial charge on any atom is 0.271 e. The fourth-order valence-electron chi connectivity index (χ4n) is 3.02. The molecule has 1 aromatic carbocycles. The fraction of sp³-hybridized carbons (Fsp3) is 0.467. The monoisotopic (exact) mass is 303 g/mol. The van der Waals surface area contributed by atoms with Gasteiger partial charge in [-0.3, -0.25) is 19.7 Å². The van der Waals surface area contributed by atoms with Gasteiger partial charge in [-0.05, 0) is 24.8 Å². The minimum atomic E-state index is -0.463. The standard InChI is InChI=1S/C15H17N3O4/c19-14-3-1-2-7-16(14)10-15(20)17-8-6-11-4-5-12(18(21)22)9-13(11)17/h4-5,9H,1-3,6-8,10H2. The van der Waals surface area contributed by atoms with Gasteiger partial charge in [0.2, 0.25) is 11.8 Å². The van der Waals surface area contributed by atoms with E-state index in [2.05, 4.69) is 0 Å².